The molecule has 12 heavy (non-hydrogen) atoms. The first kappa shape index (κ1) is 11.4. The van der Waals surface area contributed by atoms with Crippen molar-refractivity contribution in [2.75, 3.05) is 19.8 Å². The number of ether oxygens (including phenoxy) is 2. The molecule has 0 heterocycles. The van der Waals surface area contributed by atoms with Crippen molar-refractivity contribution in [1.29, 1.82) is 0 Å². The zero-order valence-electron chi connectivity index (χ0n) is 7.97. The maximum absolute atomic E-state index is 10.7. The van der Waals surface area contributed by atoms with Crippen LogP contribution in [0.1, 0.15) is 33.1 Å². The van der Waals surface area contributed by atoms with Gasteiger partial charge in [-0.15, -0.1) is 0 Å². The van der Waals surface area contributed by atoms with E-state index < -0.39 is 0 Å². The molecule has 0 aromatic carbocycles. The number of rotatable bonds is 7. The second-order valence-electron chi connectivity index (χ2n) is 2.56. The van der Waals surface area contributed by atoms with Gasteiger partial charge in [0.05, 0.1) is 6.61 Å². The van der Waals surface area contributed by atoms with E-state index in [2.05, 4.69) is 11.7 Å². The first-order valence-corrected chi connectivity index (χ1v) is 4.54. The normalized spacial score (nSPS) is 9.83. The van der Waals surface area contributed by atoms with Gasteiger partial charge in [-0.3, -0.25) is 0 Å². The zero-order valence-corrected chi connectivity index (χ0v) is 7.97. The number of hydrogen-bond donors (Lipinski definition) is 0. The van der Waals surface area contributed by atoms with Crippen LogP contribution in [0.15, 0.2) is 0 Å². The van der Waals surface area contributed by atoms with Gasteiger partial charge in [-0.05, 0) is 13.3 Å². The van der Waals surface area contributed by atoms with E-state index in [1.54, 1.807) is 6.92 Å². The Morgan fingerprint density at radius 2 is 2.00 bits per heavy atom. The molecule has 0 saturated carbocycles. The molecule has 0 aromatic rings. The van der Waals surface area contributed by atoms with E-state index in [0.29, 0.717) is 13.2 Å². The lowest BCUT2D eigenvalue weighted by Crippen LogP contribution is -2.12. The molecule has 0 bridgehead atoms. The van der Waals surface area contributed by atoms with Crippen LogP contribution in [0.2, 0.25) is 0 Å². The fourth-order valence-electron chi connectivity index (χ4n) is 0.812. The molecule has 3 heteroatoms. The molecule has 0 atom stereocenters. The Kier molecular flexibility index (Phi) is 8.12. The van der Waals surface area contributed by atoms with E-state index in [1.807, 2.05) is 0 Å². The molecule has 0 unspecified atom stereocenters. The number of carbonyl (C=O) groups excluding carboxylic acids is 1. The van der Waals surface area contributed by atoms with Crippen molar-refractivity contribution in [2.45, 2.75) is 33.1 Å². The van der Waals surface area contributed by atoms with Crippen molar-refractivity contribution < 1.29 is 14.3 Å². The van der Waals surface area contributed by atoms with Crippen molar-refractivity contribution >= 4 is 5.97 Å². The minimum Gasteiger partial charge on any atom is -0.464 e. The molecule has 0 aromatic heterocycles. The van der Waals surface area contributed by atoms with E-state index in [1.165, 1.54) is 6.42 Å². The van der Waals surface area contributed by atoms with Gasteiger partial charge in [0.2, 0.25) is 0 Å². The molecule has 0 rings (SSSR count). The molecule has 0 amide bonds. The van der Waals surface area contributed by atoms with Gasteiger partial charge in [0.1, 0.15) is 6.61 Å². The van der Waals surface area contributed by atoms with Crippen LogP contribution in [0.3, 0.4) is 0 Å². The summed E-state index contributed by atoms with van der Waals surface area (Å²) in [5.41, 5.74) is 0. The molecule has 3 nitrogen and oxygen atoms in total. The lowest BCUT2D eigenvalue weighted by molar-refractivity contribution is -0.148. The fourth-order valence-corrected chi connectivity index (χ4v) is 0.812. The third-order valence-electron chi connectivity index (χ3n) is 1.42. The average Bonchev–Trinajstić information content (AvgIpc) is 2.05. The molecule has 0 radical (unpaired) electrons. The van der Waals surface area contributed by atoms with E-state index >= 15 is 0 Å². The van der Waals surface area contributed by atoms with Gasteiger partial charge in [0, 0.05) is 6.61 Å². The highest BCUT2D eigenvalue weighted by Gasteiger charge is 1.99. The maximum Gasteiger partial charge on any atom is 0.332 e. The summed E-state index contributed by atoms with van der Waals surface area (Å²) in [7, 11) is 0. The van der Waals surface area contributed by atoms with Gasteiger partial charge >= 0.3 is 5.97 Å². The monoisotopic (exact) mass is 174 g/mol. The SMILES string of the molecule is CCCCCOCC(=O)OCC. The predicted molar refractivity (Wildman–Crippen MR) is 47.0 cm³/mol. The Bertz CT molecular complexity index is 112. The van der Waals surface area contributed by atoms with Gasteiger partial charge in [0.15, 0.2) is 0 Å². The van der Waals surface area contributed by atoms with E-state index in [-0.39, 0.29) is 12.6 Å². The van der Waals surface area contributed by atoms with Crippen LogP contribution >= 0.6 is 0 Å². The maximum atomic E-state index is 10.7. The number of carbonyl (C=O) groups is 1. The van der Waals surface area contributed by atoms with Crippen molar-refractivity contribution in [2.24, 2.45) is 0 Å². The quantitative estimate of drug-likeness (QED) is 0.436. The largest absolute Gasteiger partial charge is 0.464 e. The van der Waals surface area contributed by atoms with Crippen molar-refractivity contribution in [3.63, 3.8) is 0 Å². The minimum atomic E-state index is -0.269. The molecule has 0 aliphatic carbocycles. The van der Waals surface area contributed by atoms with Gasteiger partial charge in [-0.1, -0.05) is 19.8 Å². The molecular weight excluding hydrogens is 156 g/mol. The summed E-state index contributed by atoms with van der Waals surface area (Å²) in [6.45, 7) is 5.10. The van der Waals surface area contributed by atoms with Crippen LogP contribution in [0.4, 0.5) is 0 Å². The lowest BCUT2D eigenvalue weighted by Gasteiger charge is -2.02. The number of esters is 1. The molecule has 0 aliphatic rings. The standard InChI is InChI=1S/C9H18O3/c1-3-5-6-7-11-8-9(10)12-4-2/h3-8H2,1-2H3. The highest BCUT2D eigenvalue weighted by Crippen LogP contribution is 1.94. The Morgan fingerprint density at radius 3 is 2.58 bits per heavy atom. The first-order chi connectivity index (χ1) is 5.81. The van der Waals surface area contributed by atoms with E-state index in [4.69, 9.17) is 4.74 Å². The van der Waals surface area contributed by atoms with Gasteiger partial charge in [-0.2, -0.15) is 0 Å². The minimum absolute atomic E-state index is 0.0948. The van der Waals surface area contributed by atoms with Crippen LogP contribution in [-0.4, -0.2) is 25.8 Å². The first-order valence-electron chi connectivity index (χ1n) is 4.54. The Hall–Kier alpha value is -0.570. The number of hydrogen-bond acceptors (Lipinski definition) is 3. The summed E-state index contributed by atoms with van der Waals surface area (Å²) in [6.07, 6.45) is 3.35. The van der Waals surface area contributed by atoms with E-state index in [0.717, 1.165) is 12.8 Å². The Balaban J connectivity index is 3.03. The summed E-state index contributed by atoms with van der Waals surface area (Å²) in [4.78, 5) is 10.7. The van der Waals surface area contributed by atoms with Crippen LogP contribution < -0.4 is 0 Å². The van der Waals surface area contributed by atoms with Crippen molar-refractivity contribution in [1.82, 2.24) is 0 Å². The summed E-state index contributed by atoms with van der Waals surface area (Å²) < 4.78 is 9.76. The van der Waals surface area contributed by atoms with Gasteiger partial charge < -0.3 is 9.47 Å². The molecule has 0 aliphatic heterocycles. The number of unbranched alkanes of at least 4 members (excludes halogenated alkanes) is 2. The summed E-state index contributed by atoms with van der Waals surface area (Å²) in [5.74, 6) is -0.269. The lowest BCUT2D eigenvalue weighted by atomic mass is 10.3. The molecular formula is C9H18O3. The topological polar surface area (TPSA) is 35.5 Å². The van der Waals surface area contributed by atoms with Gasteiger partial charge in [0.25, 0.3) is 0 Å². The van der Waals surface area contributed by atoms with Crippen molar-refractivity contribution in [3.8, 4) is 0 Å². The molecule has 72 valence electrons. The summed E-state index contributed by atoms with van der Waals surface area (Å²) >= 11 is 0. The highest BCUT2D eigenvalue weighted by atomic mass is 16.6. The van der Waals surface area contributed by atoms with Crippen LogP contribution in [0.5, 0.6) is 0 Å². The Morgan fingerprint density at radius 1 is 1.25 bits per heavy atom. The zero-order chi connectivity index (χ0) is 9.23. The highest BCUT2D eigenvalue weighted by molar-refractivity contribution is 5.70. The van der Waals surface area contributed by atoms with Crippen molar-refractivity contribution in [3.05, 3.63) is 0 Å². The van der Waals surface area contributed by atoms with E-state index in [9.17, 15) is 4.79 Å². The summed E-state index contributed by atoms with van der Waals surface area (Å²) in [6, 6.07) is 0. The second-order valence-corrected chi connectivity index (χ2v) is 2.56. The molecule has 0 N–H and O–H groups in total. The smallest absolute Gasteiger partial charge is 0.332 e. The van der Waals surface area contributed by atoms with Crippen LogP contribution in [0, 0.1) is 0 Å². The molecule has 0 fully saturated rings. The average molecular weight is 174 g/mol. The predicted octanol–water partition coefficient (Wildman–Crippen LogP) is 1.76. The molecule has 0 spiro atoms. The third kappa shape index (κ3) is 7.54. The van der Waals surface area contributed by atoms with Gasteiger partial charge in [-0.25, -0.2) is 4.79 Å². The molecule has 0 saturated heterocycles. The third-order valence-corrected chi connectivity index (χ3v) is 1.42. The second kappa shape index (κ2) is 8.53. The summed E-state index contributed by atoms with van der Waals surface area (Å²) in [5, 5.41) is 0. The van der Waals surface area contributed by atoms with Crippen LogP contribution in [0.25, 0.3) is 0 Å². The van der Waals surface area contributed by atoms with Crippen LogP contribution in [-0.2, 0) is 14.3 Å². The fraction of sp³-hybridized carbons (Fsp3) is 0.889. The Labute approximate surface area is 74.0 Å².